The molecule has 43 heavy (non-hydrogen) atoms. The molecular formula is C36H47N3O4. The van der Waals surface area contributed by atoms with E-state index in [4.69, 9.17) is 10.5 Å². The van der Waals surface area contributed by atoms with E-state index in [0.717, 1.165) is 29.4 Å². The number of allylic oxidation sites excluding steroid dienone is 3. The van der Waals surface area contributed by atoms with Gasteiger partial charge in [0.05, 0.1) is 24.0 Å². The van der Waals surface area contributed by atoms with E-state index in [1.165, 1.54) is 0 Å². The molecule has 1 heterocycles. The van der Waals surface area contributed by atoms with Crippen molar-refractivity contribution < 1.29 is 19.1 Å². The molecule has 230 valence electrons. The normalized spacial score (nSPS) is 20.4. The lowest BCUT2D eigenvalue weighted by Crippen LogP contribution is -2.54. The predicted octanol–water partition coefficient (Wildman–Crippen LogP) is 5.24. The number of fused-ring (bicyclic) bond motifs is 1. The van der Waals surface area contributed by atoms with Crippen molar-refractivity contribution in [1.82, 2.24) is 9.80 Å². The molecule has 2 aromatic rings. The Balaban J connectivity index is 1.60. The summed E-state index contributed by atoms with van der Waals surface area (Å²) in [4.78, 5) is 44.4. The van der Waals surface area contributed by atoms with Crippen LogP contribution in [-0.4, -0.2) is 72.3 Å². The Morgan fingerprint density at radius 3 is 2.49 bits per heavy atom. The van der Waals surface area contributed by atoms with Crippen LogP contribution in [0.15, 0.2) is 78.9 Å². The van der Waals surface area contributed by atoms with Gasteiger partial charge in [-0.05, 0) is 82.0 Å². The van der Waals surface area contributed by atoms with Crippen LogP contribution in [0.3, 0.4) is 0 Å². The summed E-state index contributed by atoms with van der Waals surface area (Å²) in [6, 6.07) is 13.7. The molecule has 1 amide bonds. The molecule has 0 spiro atoms. The molecule has 0 saturated carbocycles. The number of ether oxygens (including phenoxy) is 1. The zero-order valence-electron chi connectivity index (χ0n) is 26.1. The van der Waals surface area contributed by atoms with Crippen LogP contribution in [0.1, 0.15) is 52.0 Å². The number of benzene rings is 2. The zero-order valence-corrected chi connectivity index (χ0v) is 26.1. The van der Waals surface area contributed by atoms with E-state index in [2.05, 4.69) is 35.2 Å². The SMILES string of the molecule is CCOC(=O)C1CCN(CC2(C(=O)[C@@H](Cc3ccc4ccccc4c3)N(C)C(=O)C=CCC(C)(C)N)C=CC=CC2)CC1. The fraction of sp³-hybridized carbons (Fsp3) is 0.472. The number of ketones is 1. The minimum atomic E-state index is -0.787. The number of Topliss-reactive ketones (excluding diaryl/α,β-unsaturated/α-hetero) is 1. The highest BCUT2D eigenvalue weighted by Crippen LogP contribution is 2.35. The van der Waals surface area contributed by atoms with Gasteiger partial charge < -0.3 is 20.3 Å². The van der Waals surface area contributed by atoms with Crippen molar-refractivity contribution in [3.05, 3.63) is 84.5 Å². The molecule has 7 heteroatoms. The van der Waals surface area contributed by atoms with Gasteiger partial charge in [-0.25, -0.2) is 0 Å². The first kappa shape index (κ1) is 32.4. The molecule has 2 N–H and O–H groups in total. The molecular weight excluding hydrogens is 538 g/mol. The summed E-state index contributed by atoms with van der Waals surface area (Å²) >= 11 is 0. The summed E-state index contributed by atoms with van der Waals surface area (Å²) in [6.45, 7) is 8.03. The average molecular weight is 586 g/mol. The summed E-state index contributed by atoms with van der Waals surface area (Å²) in [5, 5.41) is 2.24. The molecule has 1 saturated heterocycles. The van der Waals surface area contributed by atoms with Crippen molar-refractivity contribution in [2.24, 2.45) is 17.1 Å². The number of rotatable bonds is 12. The molecule has 2 atom stereocenters. The Morgan fingerprint density at radius 2 is 1.84 bits per heavy atom. The van der Waals surface area contributed by atoms with Crippen LogP contribution in [0.5, 0.6) is 0 Å². The third-order valence-electron chi connectivity index (χ3n) is 8.61. The van der Waals surface area contributed by atoms with Crippen LogP contribution >= 0.6 is 0 Å². The third-order valence-corrected chi connectivity index (χ3v) is 8.61. The van der Waals surface area contributed by atoms with Gasteiger partial charge >= 0.3 is 5.97 Å². The molecule has 7 nitrogen and oxygen atoms in total. The van der Waals surface area contributed by atoms with E-state index in [0.29, 0.717) is 45.3 Å². The van der Waals surface area contributed by atoms with Gasteiger partial charge in [-0.1, -0.05) is 72.8 Å². The van der Waals surface area contributed by atoms with Crippen molar-refractivity contribution in [3.63, 3.8) is 0 Å². The smallest absolute Gasteiger partial charge is 0.309 e. The van der Waals surface area contributed by atoms with Gasteiger partial charge in [-0.15, -0.1) is 0 Å². The van der Waals surface area contributed by atoms with Crippen molar-refractivity contribution in [3.8, 4) is 0 Å². The van der Waals surface area contributed by atoms with Crippen LogP contribution in [0.4, 0.5) is 0 Å². The first-order valence-electron chi connectivity index (χ1n) is 15.5. The summed E-state index contributed by atoms with van der Waals surface area (Å²) in [6.07, 6.45) is 14.3. The maximum atomic E-state index is 14.8. The van der Waals surface area contributed by atoms with E-state index >= 15 is 0 Å². The largest absolute Gasteiger partial charge is 0.466 e. The molecule has 4 rings (SSSR count). The highest BCUT2D eigenvalue weighted by Gasteiger charge is 2.44. The quantitative estimate of drug-likeness (QED) is 0.271. The second-order valence-corrected chi connectivity index (χ2v) is 12.8. The molecule has 0 bridgehead atoms. The summed E-state index contributed by atoms with van der Waals surface area (Å²) < 4.78 is 5.25. The Morgan fingerprint density at radius 1 is 1.12 bits per heavy atom. The summed E-state index contributed by atoms with van der Waals surface area (Å²) in [5.74, 6) is -0.421. The average Bonchev–Trinajstić information content (AvgIpc) is 2.99. The van der Waals surface area contributed by atoms with Crippen LogP contribution in [0.25, 0.3) is 10.8 Å². The molecule has 0 aromatic heterocycles. The Labute approximate surface area is 256 Å². The fourth-order valence-electron chi connectivity index (χ4n) is 6.09. The number of hydrogen-bond acceptors (Lipinski definition) is 6. The lowest BCUT2D eigenvalue weighted by atomic mass is 9.73. The number of esters is 1. The van der Waals surface area contributed by atoms with Crippen LogP contribution < -0.4 is 5.73 Å². The lowest BCUT2D eigenvalue weighted by Gasteiger charge is -2.41. The monoisotopic (exact) mass is 585 g/mol. The molecule has 1 aliphatic carbocycles. The second-order valence-electron chi connectivity index (χ2n) is 12.8. The number of likely N-dealkylation sites (N-methyl/N-ethyl adjacent to an activating group) is 1. The van der Waals surface area contributed by atoms with E-state index in [1.807, 2.05) is 57.2 Å². The first-order chi connectivity index (χ1) is 20.5. The standard InChI is InChI=1S/C36H47N3O4/c1-5-43-34(42)29-17-22-39(23-18-29)26-36(20-9-6-10-21-36)33(41)31(38(4)32(40)14-11-19-35(2,3)37)25-27-15-16-28-12-7-8-13-30(28)24-27/h6-16,20,24,29,31H,5,17-19,21-23,25-26,37H2,1-4H3/t31-,36?/m1/s1. The molecule has 1 unspecified atom stereocenters. The van der Waals surface area contributed by atoms with Crippen LogP contribution in [0, 0.1) is 11.3 Å². The number of likely N-dealkylation sites (tertiary alicyclic amines) is 1. The maximum Gasteiger partial charge on any atom is 0.309 e. The van der Waals surface area contributed by atoms with E-state index < -0.39 is 17.0 Å². The molecule has 1 aliphatic heterocycles. The minimum absolute atomic E-state index is 0.0252. The van der Waals surface area contributed by atoms with Crippen molar-refractivity contribution in [2.75, 3.05) is 33.3 Å². The van der Waals surface area contributed by atoms with Gasteiger partial charge in [-0.2, -0.15) is 0 Å². The van der Waals surface area contributed by atoms with E-state index in [1.54, 1.807) is 24.1 Å². The molecule has 1 fully saturated rings. The number of hydrogen-bond donors (Lipinski definition) is 1. The Hall–Kier alpha value is -3.55. The number of carbonyl (C=O) groups excluding carboxylic acids is 3. The molecule has 2 aromatic carbocycles. The summed E-state index contributed by atoms with van der Waals surface area (Å²) in [7, 11) is 1.73. The van der Waals surface area contributed by atoms with Crippen molar-refractivity contribution in [2.45, 2.75) is 64.5 Å². The number of carbonyl (C=O) groups is 3. The van der Waals surface area contributed by atoms with Gasteiger partial charge in [0.15, 0.2) is 5.78 Å². The van der Waals surface area contributed by atoms with Crippen LogP contribution in [-0.2, 0) is 25.5 Å². The fourth-order valence-corrected chi connectivity index (χ4v) is 6.09. The summed E-state index contributed by atoms with van der Waals surface area (Å²) in [5.41, 5.74) is 5.91. The predicted molar refractivity (Wildman–Crippen MR) is 172 cm³/mol. The molecule has 0 radical (unpaired) electrons. The zero-order chi connectivity index (χ0) is 31.0. The Kier molecular flexibility index (Phi) is 10.7. The maximum absolute atomic E-state index is 14.8. The topological polar surface area (TPSA) is 92.9 Å². The van der Waals surface area contributed by atoms with Gasteiger partial charge in [0, 0.05) is 25.6 Å². The third kappa shape index (κ3) is 8.52. The van der Waals surface area contributed by atoms with Crippen molar-refractivity contribution >= 4 is 28.4 Å². The van der Waals surface area contributed by atoms with E-state index in [9.17, 15) is 14.4 Å². The highest BCUT2D eigenvalue weighted by molar-refractivity contribution is 5.97. The lowest BCUT2D eigenvalue weighted by molar-refractivity contribution is -0.150. The number of nitrogens with zero attached hydrogens (tertiary/aromatic N) is 2. The molecule has 2 aliphatic rings. The van der Waals surface area contributed by atoms with Gasteiger partial charge in [-0.3, -0.25) is 14.4 Å². The second kappa shape index (κ2) is 14.3. The minimum Gasteiger partial charge on any atom is -0.466 e. The first-order valence-corrected chi connectivity index (χ1v) is 15.5. The van der Waals surface area contributed by atoms with Gasteiger partial charge in [0.25, 0.3) is 0 Å². The van der Waals surface area contributed by atoms with Gasteiger partial charge in [0.1, 0.15) is 0 Å². The Bertz CT molecular complexity index is 1380. The van der Waals surface area contributed by atoms with E-state index in [-0.39, 0.29) is 23.6 Å². The number of nitrogens with two attached hydrogens (primary N) is 1. The van der Waals surface area contributed by atoms with Crippen molar-refractivity contribution in [1.29, 1.82) is 0 Å². The van der Waals surface area contributed by atoms with Gasteiger partial charge in [0.2, 0.25) is 5.91 Å². The van der Waals surface area contributed by atoms with Crippen LogP contribution in [0.2, 0.25) is 0 Å². The highest BCUT2D eigenvalue weighted by atomic mass is 16.5. The number of piperidine rings is 1. The number of amides is 1.